The van der Waals surface area contributed by atoms with Crippen molar-refractivity contribution in [1.29, 1.82) is 0 Å². The lowest BCUT2D eigenvalue weighted by atomic mass is 9.95. The Morgan fingerprint density at radius 1 is 1.00 bits per heavy atom. The SMILES string of the molecule is O=C(NCCCc1ccc(Cl)cc1)C1CCN(Cc2c(Cl)cccc2Cl)CC1. The number of hydrogen-bond acceptors (Lipinski definition) is 2. The number of hydrogen-bond donors (Lipinski definition) is 1. The van der Waals surface area contributed by atoms with E-state index in [0.29, 0.717) is 16.6 Å². The summed E-state index contributed by atoms with van der Waals surface area (Å²) in [5.74, 6) is 0.264. The number of rotatable bonds is 7. The van der Waals surface area contributed by atoms with Gasteiger partial charge in [0.25, 0.3) is 0 Å². The Balaban J connectivity index is 1.37. The van der Waals surface area contributed by atoms with Crippen LogP contribution in [0, 0.1) is 5.92 Å². The lowest BCUT2D eigenvalue weighted by Crippen LogP contribution is -2.40. The predicted molar refractivity (Wildman–Crippen MR) is 117 cm³/mol. The van der Waals surface area contributed by atoms with Gasteiger partial charge in [0.15, 0.2) is 0 Å². The van der Waals surface area contributed by atoms with E-state index >= 15 is 0 Å². The minimum absolute atomic E-state index is 0.0912. The van der Waals surface area contributed by atoms with Gasteiger partial charge in [-0.25, -0.2) is 0 Å². The number of likely N-dealkylation sites (tertiary alicyclic amines) is 1. The topological polar surface area (TPSA) is 32.3 Å². The highest BCUT2D eigenvalue weighted by Gasteiger charge is 2.25. The van der Waals surface area contributed by atoms with E-state index in [9.17, 15) is 4.79 Å². The molecule has 0 bridgehead atoms. The highest BCUT2D eigenvalue weighted by atomic mass is 35.5. The van der Waals surface area contributed by atoms with Crippen LogP contribution >= 0.6 is 34.8 Å². The quantitative estimate of drug-likeness (QED) is 0.569. The Labute approximate surface area is 182 Å². The largest absolute Gasteiger partial charge is 0.356 e. The zero-order chi connectivity index (χ0) is 19.9. The third-order valence-electron chi connectivity index (χ3n) is 5.26. The van der Waals surface area contributed by atoms with Crippen molar-refractivity contribution >= 4 is 40.7 Å². The summed E-state index contributed by atoms with van der Waals surface area (Å²) in [5, 5.41) is 5.25. The standard InChI is InChI=1S/C22H25Cl3N2O/c23-18-8-6-16(7-9-18)3-2-12-26-22(28)17-10-13-27(14-11-17)15-19-20(24)4-1-5-21(19)25/h1,4-9,17H,2-3,10-15H2,(H,26,28). The van der Waals surface area contributed by atoms with Crippen molar-refractivity contribution in [3.05, 3.63) is 68.7 Å². The molecule has 1 fully saturated rings. The maximum atomic E-state index is 12.4. The van der Waals surface area contributed by atoms with Gasteiger partial charge < -0.3 is 5.32 Å². The summed E-state index contributed by atoms with van der Waals surface area (Å²) in [4.78, 5) is 14.8. The van der Waals surface area contributed by atoms with E-state index in [4.69, 9.17) is 34.8 Å². The van der Waals surface area contributed by atoms with E-state index in [1.165, 1.54) is 5.56 Å². The van der Waals surface area contributed by atoms with Crippen LogP contribution in [-0.2, 0) is 17.8 Å². The number of aryl methyl sites for hydroxylation is 1. The molecule has 150 valence electrons. The molecule has 0 atom stereocenters. The van der Waals surface area contributed by atoms with Gasteiger partial charge in [0.2, 0.25) is 5.91 Å². The molecule has 0 radical (unpaired) electrons. The van der Waals surface area contributed by atoms with Crippen LogP contribution in [0.15, 0.2) is 42.5 Å². The lowest BCUT2D eigenvalue weighted by Gasteiger charge is -2.31. The molecule has 6 heteroatoms. The third kappa shape index (κ3) is 6.12. The van der Waals surface area contributed by atoms with E-state index < -0.39 is 0 Å². The van der Waals surface area contributed by atoms with Gasteiger partial charge in [-0.1, -0.05) is 53.0 Å². The second kappa shape index (κ2) is 10.5. The molecular formula is C22H25Cl3N2O. The fourth-order valence-corrected chi connectivity index (χ4v) is 4.20. The average Bonchev–Trinajstić information content (AvgIpc) is 2.70. The minimum Gasteiger partial charge on any atom is -0.356 e. The van der Waals surface area contributed by atoms with Crippen molar-refractivity contribution in [1.82, 2.24) is 10.2 Å². The zero-order valence-electron chi connectivity index (χ0n) is 15.8. The zero-order valence-corrected chi connectivity index (χ0v) is 18.0. The van der Waals surface area contributed by atoms with E-state index in [2.05, 4.69) is 10.2 Å². The summed E-state index contributed by atoms with van der Waals surface area (Å²) < 4.78 is 0. The first kappa shape index (κ1) is 21.4. The fraction of sp³-hybridized carbons (Fsp3) is 0.409. The Morgan fingerprint density at radius 3 is 2.29 bits per heavy atom. The molecule has 0 spiro atoms. The van der Waals surface area contributed by atoms with E-state index in [0.717, 1.165) is 55.9 Å². The summed E-state index contributed by atoms with van der Waals surface area (Å²) >= 11 is 18.4. The first-order chi connectivity index (χ1) is 13.5. The Hall–Kier alpha value is -1.26. The number of benzene rings is 2. The van der Waals surface area contributed by atoms with Gasteiger partial charge >= 0.3 is 0 Å². The molecular weight excluding hydrogens is 415 g/mol. The maximum absolute atomic E-state index is 12.4. The van der Waals surface area contributed by atoms with Crippen molar-refractivity contribution < 1.29 is 4.79 Å². The number of piperidine rings is 1. The smallest absolute Gasteiger partial charge is 0.223 e. The summed E-state index contributed by atoms with van der Waals surface area (Å²) in [6, 6.07) is 13.5. The summed E-state index contributed by atoms with van der Waals surface area (Å²) in [7, 11) is 0. The van der Waals surface area contributed by atoms with Crippen LogP contribution in [0.5, 0.6) is 0 Å². The summed E-state index contributed by atoms with van der Waals surface area (Å²) in [5.41, 5.74) is 2.21. The second-order valence-corrected chi connectivity index (χ2v) is 8.52. The molecule has 3 rings (SSSR count). The van der Waals surface area contributed by atoms with Gasteiger partial charge in [-0.2, -0.15) is 0 Å². The number of halogens is 3. The molecule has 0 saturated carbocycles. The number of amides is 1. The van der Waals surface area contributed by atoms with Crippen molar-refractivity contribution in [2.75, 3.05) is 19.6 Å². The third-order valence-corrected chi connectivity index (χ3v) is 6.22. The summed E-state index contributed by atoms with van der Waals surface area (Å²) in [6.45, 7) is 3.19. The van der Waals surface area contributed by atoms with E-state index in [1.807, 2.05) is 42.5 Å². The molecule has 1 heterocycles. The molecule has 3 nitrogen and oxygen atoms in total. The van der Waals surface area contributed by atoms with Crippen LogP contribution < -0.4 is 5.32 Å². The Bertz CT molecular complexity index is 767. The Kier molecular flexibility index (Phi) is 8.04. The van der Waals surface area contributed by atoms with Gasteiger partial charge in [0.1, 0.15) is 0 Å². The predicted octanol–water partition coefficient (Wildman–Crippen LogP) is 5.61. The molecule has 1 amide bonds. The lowest BCUT2D eigenvalue weighted by molar-refractivity contribution is -0.126. The molecule has 1 N–H and O–H groups in total. The fourth-order valence-electron chi connectivity index (χ4n) is 3.56. The van der Waals surface area contributed by atoms with Gasteiger partial charge in [-0.05, 0) is 68.6 Å². The molecule has 28 heavy (non-hydrogen) atoms. The van der Waals surface area contributed by atoms with Crippen LogP contribution in [-0.4, -0.2) is 30.4 Å². The first-order valence-corrected chi connectivity index (χ1v) is 10.8. The second-order valence-electron chi connectivity index (χ2n) is 7.27. The van der Waals surface area contributed by atoms with Crippen LogP contribution in [0.25, 0.3) is 0 Å². The molecule has 2 aromatic rings. The van der Waals surface area contributed by atoms with Gasteiger partial charge in [-0.15, -0.1) is 0 Å². The minimum atomic E-state index is 0.0912. The molecule has 0 aromatic heterocycles. The van der Waals surface area contributed by atoms with Crippen molar-refractivity contribution in [3.8, 4) is 0 Å². The van der Waals surface area contributed by atoms with Gasteiger partial charge in [-0.3, -0.25) is 9.69 Å². The number of nitrogens with one attached hydrogen (secondary N) is 1. The number of carbonyl (C=O) groups is 1. The van der Waals surface area contributed by atoms with Crippen molar-refractivity contribution in [2.45, 2.75) is 32.2 Å². The molecule has 1 aliphatic rings. The number of nitrogens with zero attached hydrogens (tertiary/aromatic N) is 1. The monoisotopic (exact) mass is 438 g/mol. The first-order valence-electron chi connectivity index (χ1n) is 9.70. The van der Waals surface area contributed by atoms with Crippen LogP contribution in [0.4, 0.5) is 0 Å². The highest BCUT2D eigenvalue weighted by molar-refractivity contribution is 6.36. The van der Waals surface area contributed by atoms with Crippen molar-refractivity contribution in [3.63, 3.8) is 0 Å². The van der Waals surface area contributed by atoms with E-state index in [-0.39, 0.29) is 11.8 Å². The normalized spacial score (nSPS) is 15.5. The van der Waals surface area contributed by atoms with Gasteiger partial charge in [0, 0.05) is 39.6 Å². The average molecular weight is 440 g/mol. The van der Waals surface area contributed by atoms with Crippen LogP contribution in [0.3, 0.4) is 0 Å². The van der Waals surface area contributed by atoms with Crippen LogP contribution in [0.2, 0.25) is 15.1 Å². The molecule has 0 aliphatic carbocycles. The molecule has 0 unspecified atom stereocenters. The van der Waals surface area contributed by atoms with Crippen LogP contribution in [0.1, 0.15) is 30.4 Å². The molecule has 1 aliphatic heterocycles. The van der Waals surface area contributed by atoms with E-state index in [1.54, 1.807) is 0 Å². The Morgan fingerprint density at radius 2 is 1.64 bits per heavy atom. The van der Waals surface area contributed by atoms with Crippen molar-refractivity contribution in [2.24, 2.45) is 5.92 Å². The highest BCUT2D eigenvalue weighted by Crippen LogP contribution is 2.27. The summed E-state index contributed by atoms with van der Waals surface area (Å²) in [6.07, 6.45) is 3.60. The molecule has 1 saturated heterocycles. The van der Waals surface area contributed by atoms with Gasteiger partial charge in [0.05, 0.1) is 0 Å². The maximum Gasteiger partial charge on any atom is 0.223 e. The number of carbonyl (C=O) groups excluding carboxylic acids is 1. The molecule has 2 aromatic carbocycles.